The van der Waals surface area contributed by atoms with Crippen LogP contribution in [0.2, 0.25) is 0 Å². The summed E-state index contributed by atoms with van der Waals surface area (Å²) >= 11 is 0. The van der Waals surface area contributed by atoms with E-state index >= 15 is 0 Å². The molecule has 0 rings (SSSR count). The van der Waals surface area contributed by atoms with Gasteiger partial charge < -0.3 is 9.53 Å². The molecule has 0 spiro atoms. The second kappa shape index (κ2) is 7.49. The van der Waals surface area contributed by atoms with E-state index in [0.717, 1.165) is 17.1 Å². The van der Waals surface area contributed by atoms with Gasteiger partial charge in [0, 0.05) is 10.8 Å². The van der Waals surface area contributed by atoms with Gasteiger partial charge in [-0.3, -0.25) is 0 Å². The molecule has 0 radical (unpaired) electrons. The van der Waals surface area contributed by atoms with E-state index in [9.17, 15) is 9.59 Å². The smallest absolute Gasteiger partial charge is 0.378 e. The fraction of sp³-hybridized carbons (Fsp3) is 0.714. The molecule has 0 aliphatic carbocycles. The maximum atomic E-state index is 10.8. The van der Waals surface area contributed by atoms with Crippen molar-refractivity contribution < 1.29 is 14.3 Å². The van der Waals surface area contributed by atoms with Crippen LogP contribution in [0.15, 0.2) is 0 Å². The van der Waals surface area contributed by atoms with Gasteiger partial charge in [-0.2, -0.15) is 0 Å². The van der Waals surface area contributed by atoms with Crippen molar-refractivity contribution in [1.29, 1.82) is 0 Å². The van der Waals surface area contributed by atoms with Crippen LogP contribution in [0.3, 0.4) is 0 Å². The van der Waals surface area contributed by atoms with E-state index in [4.69, 9.17) is 4.74 Å². The minimum absolute atomic E-state index is 0.321. The summed E-state index contributed by atoms with van der Waals surface area (Å²) in [6.07, 6.45) is 0.757. The summed E-state index contributed by atoms with van der Waals surface area (Å²) in [6.45, 7) is 4.38. The van der Waals surface area contributed by atoms with E-state index in [1.165, 1.54) is 10.8 Å². The molecule has 0 bridgehead atoms. The zero-order chi connectivity index (χ0) is 9.40. The molecule has 0 saturated carbocycles. The van der Waals surface area contributed by atoms with E-state index in [1.54, 1.807) is 0 Å². The largest absolute Gasteiger partial charge is 0.457 e. The molecular formula is C7H12O3S2. The highest BCUT2D eigenvalue weighted by Gasteiger charge is 2.04. The number of carbonyl (C=O) groups excluding carboxylic acids is 2. The highest BCUT2D eigenvalue weighted by Crippen LogP contribution is 2.22. The Kier molecular flexibility index (Phi) is 7.39. The Morgan fingerprint density at radius 1 is 1.58 bits per heavy atom. The zero-order valence-electron chi connectivity index (χ0n) is 7.11. The second-order valence-electron chi connectivity index (χ2n) is 2.49. The van der Waals surface area contributed by atoms with E-state index in [-0.39, 0.29) is 5.30 Å². The predicted octanol–water partition coefficient (Wildman–Crippen LogP) is 2.36. The molecule has 0 atom stereocenters. The number of rotatable bonds is 5. The summed E-state index contributed by atoms with van der Waals surface area (Å²) in [5, 5.41) is -0.324. The Morgan fingerprint density at radius 3 is 2.75 bits per heavy atom. The summed E-state index contributed by atoms with van der Waals surface area (Å²) in [5.41, 5.74) is 0. The monoisotopic (exact) mass is 208 g/mol. The summed E-state index contributed by atoms with van der Waals surface area (Å²) in [4.78, 5) is 20.7. The van der Waals surface area contributed by atoms with E-state index in [0.29, 0.717) is 18.3 Å². The van der Waals surface area contributed by atoms with E-state index in [1.807, 2.05) is 13.8 Å². The average molecular weight is 208 g/mol. The molecule has 0 aromatic heterocycles. The molecule has 70 valence electrons. The summed E-state index contributed by atoms with van der Waals surface area (Å²) < 4.78 is 4.84. The van der Waals surface area contributed by atoms with Crippen LogP contribution in [0.1, 0.15) is 13.8 Å². The Bertz CT molecular complexity index is 148. The van der Waals surface area contributed by atoms with Crippen molar-refractivity contribution >= 4 is 33.2 Å². The van der Waals surface area contributed by atoms with Crippen LogP contribution < -0.4 is 0 Å². The Balaban J connectivity index is 3.27. The molecule has 12 heavy (non-hydrogen) atoms. The lowest BCUT2D eigenvalue weighted by molar-refractivity contribution is -0.105. The lowest BCUT2D eigenvalue weighted by Crippen LogP contribution is -2.04. The SMILES string of the molecule is CC(C)COC(=O)SSCC=O. The van der Waals surface area contributed by atoms with Gasteiger partial charge in [-0.25, -0.2) is 4.79 Å². The zero-order valence-corrected chi connectivity index (χ0v) is 8.74. The number of ether oxygens (including phenoxy) is 1. The molecule has 0 amide bonds. The van der Waals surface area contributed by atoms with Crippen LogP contribution in [-0.2, 0) is 9.53 Å². The number of aldehydes is 1. The first-order chi connectivity index (χ1) is 5.66. The van der Waals surface area contributed by atoms with E-state index < -0.39 is 0 Å². The maximum absolute atomic E-state index is 10.8. The Labute approximate surface area is 80.0 Å². The van der Waals surface area contributed by atoms with Crippen LogP contribution in [0.4, 0.5) is 4.79 Å². The van der Waals surface area contributed by atoms with E-state index in [2.05, 4.69) is 0 Å². The topological polar surface area (TPSA) is 43.4 Å². The number of hydrogen-bond donors (Lipinski definition) is 0. The lowest BCUT2D eigenvalue weighted by atomic mass is 10.2. The van der Waals surface area contributed by atoms with Gasteiger partial charge in [-0.15, -0.1) is 0 Å². The third-order valence-electron chi connectivity index (χ3n) is 0.798. The fourth-order valence-corrected chi connectivity index (χ4v) is 1.51. The van der Waals surface area contributed by atoms with Gasteiger partial charge >= 0.3 is 5.30 Å². The normalized spacial score (nSPS) is 9.92. The van der Waals surface area contributed by atoms with Gasteiger partial charge in [0.25, 0.3) is 0 Å². The standard InChI is InChI=1S/C7H12O3S2/c1-6(2)5-10-7(9)12-11-4-3-8/h3,6H,4-5H2,1-2H3. The minimum atomic E-state index is -0.324. The van der Waals surface area contributed by atoms with Crippen molar-refractivity contribution in [2.45, 2.75) is 13.8 Å². The molecule has 5 heteroatoms. The van der Waals surface area contributed by atoms with Gasteiger partial charge in [0.15, 0.2) is 0 Å². The van der Waals surface area contributed by atoms with Crippen molar-refractivity contribution in [2.24, 2.45) is 5.92 Å². The molecule has 0 N–H and O–H groups in total. The highest BCUT2D eigenvalue weighted by atomic mass is 33.1. The number of carbonyl (C=O) groups is 2. The van der Waals surface area contributed by atoms with Crippen LogP contribution in [0, 0.1) is 5.92 Å². The molecule has 0 aromatic carbocycles. The van der Waals surface area contributed by atoms with Crippen molar-refractivity contribution in [1.82, 2.24) is 0 Å². The predicted molar refractivity (Wildman–Crippen MR) is 52.3 cm³/mol. The Hall–Kier alpha value is -0.160. The van der Waals surface area contributed by atoms with Crippen molar-refractivity contribution in [3.8, 4) is 0 Å². The van der Waals surface area contributed by atoms with Gasteiger partial charge in [0.05, 0.1) is 12.4 Å². The molecule has 0 unspecified atom stereocenters. The van der Waals surface area contributed by atoms with Crippen molar-refractivity contribution in [3.05, 3.63) is 0 Å². The first-order valence-corrected chi connectivity index (χ1v) is 5.88. The summed E-state index contributed by atoms with van der Waals surface area (Å²) in [5.74, 6) is 0.673. The number of hydrogen-bond acceptors (Lipinski definition) is 5. The maximum Gasteiger partial charge on any atom is 0.378 e. The summed E-state index contributed by atoms with van der Waals surface area (Å²) in [7, 11) is 2.15. The van der Waals surface area contributed by atoms with Crippen LogP contribution in [0.5, 0.6) is 0 Å². The van der Waals surface area contributed by atoms with Crippen LogP contribution in [0.25, 0.3) is 0 Å². The molecule has 0 aliphatic rings. The van der Waals surface area contributed by atoms with Gasteiger partial charge in [-0.05, 0) is 5.92 Å². The minimum Gasteiger partial charge on any atom is -0.457 e. The van der Waals surface area contributed by atoms with Crippen LogP contribution in [-0.4, -0.2) is 23.9 Å². The highest BCUT2D eigenvalue weighted by molar-refractivity contribution is 8.82. The van der Waals surface area contributed by atoms with Gasteiger partial charge in [0.2, 0.25) is 0 Å². The van der Waals surface area contributed by atoms with Crippen molar-refractivity contribution in [3.63, 3.8) is 0 Å². The third-order valence-corrected chi connectivity index (χ3v) is 2.61. The molecular weight excluding hydrogens is 196 g/mol. The molecule has 3 nitrogen and oxygen atoms in total. The first-order valence-electron chi connectivity index (χ1n) is 3.56. The average Bonchev–Trinajstić information content (AvgIpc) is 2.01. The first kappa shape index (κ1) is 11.8. The van der Waals surface area contributed by atoms with Crippen LogP contribution >= 0.6 is 21.6 Å². The van der Waals surface area contributed by atoms with Crippen molar-refractivity contribution in [2.75, 3.05) is 12.4 Å². The molecule has 0 heterocycles. The third kappa shape index (κ3) is 7.94. The lowest BCUT2D eigenvalue weighted by Gasteiger charge is -2.04. The quantitative estimate of drug-likeness (QED) is 0.300. The molecule has 0 aromatic rings. The molecule has 0 saturated heterocycles. The molecule has 0 aliphatic heterocycles. The van der Waals surface area contributed by atoms with Gasteiger partial charge in [-0.1, -0.05) is 24.6 Å². The van der Waals surface area contributed by atoms with Gasteiger partial charge in [0.1, 0.15) is 6.29 Å². The molecule has 0 fully saturated rings. The Morgan fingerprint density at radius 2 is 2.25 bits per heavy atom. The summed E-state index contributed by atoms with van der Waals surface area (Å²) in [6, 6.07) is 0. The second-order valence-corrected chi connectivity index (χ2v) is 4.77. The fourth-order valence-electron chi connectivity index (χ4n) is 0.369.